The molecule has 0 aromatic heterocycles. The van der Waals surface area contributed by atoms with E-state index >= 15 is 0 Å². The van der Waals surface area contributed by atoms with Gasteiger partial charge in [0.25, 0.3) is 0 Å². The van der Waals surface area contributed by atoms with Crippen LogP contribution >= 0.6 is 0 Å². The van der Waals surface area contributed by atoms with Crippen LogP contribution in [0.3, 0.4) is 0 Å². The van der Waals surface area contributed by atoms with Crippen LogP contribution in [0.2, 0.25) is 0 Å². The second-order valence-electron chi connectivity index (χ2n) is 9.38. The molecule has 0 heterocycles. The summed E-state index contributed by atoms with van der Waals surface area (Å²) in [6.45, 7) is 5.06. The zero-order chi connectivity index (χ0) is 20.2. The zero-order valence-corrected chi connectivity index (χ0v) is 18.3. The molecule has 2 saturated carbocycles. The van der Waals surface area contributed by atoms with E-state index in [4.69, 9.17) is 9.47 Å². The molecule has 2 fully saturated rings. The first-order valence-electron chi connectivity index (χ1n) is 11.9. The lowest BCUT2D eigenvalue weighted by Crippen LogP contribution is -2.32. The molecule has 2 unspecified atom stereocenters. The lowest BCUT2D eigenvalue weighted by molar-refractivity contribution is -0.159. The lowest BCUT2D eigenvalue weighted by atomic mass is 9.81. The summed E-state index contributed by atoms with van der Waals surface area (Å²) in [5.74, 6) is 0.374. The molecule has 2 rings (SSSR count). The number of esters is 2. The number of carbonyl (C=O) groups excluding carboxylic acids is 2. The number of rotatable bonds is 11. The smallest absolute Gasteiger partial charge is 0.309 e. The Morgan fingerprint density at radius 3 is 2.14 bits per heavy atom. The average molecular weight is 395 g/mol. The van der Waals surface area contributed by atoms with Crippen molar-refractivity contribution in [2.45, 2.75) is 116 Å². The Bertz CT molecular complexity index is 454. The largest absolute Gasteiger partial charge is 0.465 e. The summed E-state index contributed by atoms with van der Waals surface area (Å²) in [4.78, 5) is 24.9. The third-order valence-electron chi connectivity index (χ3n) is 6.35. The minimum atomic E-state index is -0.122. The van der Waals surface area contributed by atoms with E-state index in [1.807, 2.05) is 0 Å². The van der Waals surface area contributed by atoms with Gasteiger partial charge in [-0.25, -0.2) is 0 Å². The molecule has 0 aromatic carbocycles. The van der Waals surface area contributed by atoms with E-state index in [2.05, 4.69) is 13.8 Å². The van der Waals surface area contributed by atoms with Crippen molar-refractivity contribution in [3.63, 3.8) is 0 Å². The molecule has 28 heavy (non-hydrogen) atoms. The Hall–Kier alpha value is -1.06. The number of ether oxygens (including phenoxy) is 2. The molecule has 2 aliphatic rings. The molecule has 0 spiro atoms. The van der Waals surface area contributed by atoms with Crippen molar-refractivity contribution in [3.05, 3.63) is 0 Å². The van der Waals surface area contributed by atoms with Crippen LogP contribution in [-0.2, 0) is 19.1 Å². The molecule has 0 aromatic rings. The van der Waals surface area contributed by atoms with Gasteiger partial charge in [0.15, 0.2) is 0 Å². The standard InChI is InChI=1S/C24H42O4/c1-19(2)12-7-4-3-5-10-17-27-23(25)20-13-11-14-21(18-20)24(26)28-22-15-8-6-9-16-22/h19-22H,3-18H2,1-2H3. The molecule has 0 bridgehead atoms. The second-order valence-corrected chi connectivity index (χ2v) is 9.38. The Labute approximate surface area is 172 Å². The molecule has 4 heteroatoms. The van der Waals surface area contributed by atoms with Crippen molar-refractivity contribution in [3.8, 4) is 0 Å². The van der Waals surface area contributed by atoms with E-state index in [-0.39, 0.29) is 29.9 Å². The van der Waals surface area contributed by atoms with Crippen LogP contribution in [0.5, 0.6) is 0 Å². The van der Waals surface area contributed by atoms with E-state index in [0.717, 1.165) is 63.7 Å². The normalized spacial score (nSPS) is 23.5. The molecule has 0 aliphatic heterocycles. The Morgan fingerprint density at radius 1 is 0.786 bits per heavy atom. The summed E-state index contributed by atoms with van der Waals surface area (Å²) in [6, 6.07) is 0. The molecule has 162 valence electrons. The third kappa shape index (κ3) is 8.96. The van der Waals surface area contributed by atoms with Crippen molar-refractivity contribution >= 4 is 11.9 Å². The van der Waals surface area contributed by atoms with Crippen LogP contribution in [0.25, 0.3) is 0 Å². The quantitative estimate of drug-likeness (QED) is 0.309. The van der Waals surface area contributed by atoms with Crippen LogP contribution in [0, 0.1) is 17.8 Å². The van der Waals surface area contributed by atoms with Gasteiger partial charge in [-0.3, -0.25) is 9.59 Å². The predicted octanol–water partition coefficient (Wildman–Crippen LogP) is 6.21. The lowest BCUT2D eigenvalue weighted by Gasteiger charge is -2.29. The Morgan fingerprint density at radius 2 is 1.43 bits per heavy atom. The maximum Gasteiger partial charge on any atom is 0.309 e. The Balaban J connectivity index is 1.58. The van der Waals surface area contributed by atoms with Crippen molar-refractivity contribution in [2.75, 3.05) is 6.61 Å². The molecule has 2 atom stereocenters. The van der Waals surface area contributed by atoms with Crippen LogP contribution < -0.4 is 0 Å². The molecule has 0 radical (unpaired) electrons. The van der Waals surface area contributed by atoms with Gasteiger partial charge in [-0.1, -0.05) is 58.8 Å². The molecule has 0 amide bonds. The molecule has 4 nitrogen and oxygen atoms in total. The highest BCUT2D eigenvalue weighted by Gasteiger charge is 2.34. The van der Waals surface area contributed by atoms with Crippen molar-refractivity contribution < 1.29 is 19.1 Å². The third-order valence-corrected chi connectivity index (χ3v) is 6.35. The molecular weight excluding hydrogens is 352 g/mol. The minimum absolute atomic E-state index is 0.0780. The molecule has 2 aliphatic carbocycles. The van der Waals surface area contributed by atoms with E-state index in [1.165, 1.54) is 32.1 Å². The summed E-state index contributed by atoms with van der Waals surface area (Å²) in [5, 5.41) is 0. The molecular formula is C24H42O4. The highest BCUT2D eigenvalue weighted by Crippen LogP contribution is 2.32. The summed E-state index contributed by atoms with van der Waals surface area (Å²) >= 11 is 0. The van der Waals surface area contributed by atoms with Gasteiger partial charge in [0.2, 0.25) is 0 Å². The summed E-state index contributed by atoms with van der Waals surface area (Å²) in [7, 11) is 0. The number of hydrogen-bond donors (Lipinski definition) is 0. The highest BCUT2D eigenvalue weighted by molar-refractivity contribution is 5.76. The second kappa shape index (κ2) is 13.2. The first-order valence-corrected chi connectivity index (χ1v) is 11.9. The van der Waals surface area contributed by atoms with E-state index < -0.39 is 0 Å². The van der Waals surface area contributed by atoms with Gasteiger partial charge in [0.1, 0.15) is 6.10 Å². The topological polar surface area (TPSA) is 52.6 Å². The summed E-state index contributed by atoms with van der Waals surface area (Å²) < 4.78 is 11.2. The summed E-state index contributed by atoms with van der Waals surface area (Å²) in [6.07, 6.45) is 16.1. The maximum atomic E-state index is 12.5. The Kier molecular flexibility index (Phi) is 11.0. The van der Waals surface area contributed by atoms with Gasteiger partial charge in [-0.2, -0.15) is 0 Å². The average Bonchev–Trinajstić information content (AvgIpc) is 2.70. The SMILES string of the molecule is CC(C)CCCCCCCOC(=O)C1CCCC(C(=O)OC2CCCCC2)C1. The van der Waals surface area contributed by atoms with Gasteiger partial charge in [0, 0.05) is 0 Å². The fourth-order valence-electron chi connectivity index (χ4n) is 4.54. The van der Waals surface area contributed by atoms with Gasteiger partial charge in [-0.15, -0.1) is 0 Å². The summed E-state index contributed by atoms with van der Waals surface area (Å²) in [5.41, 5.74) is 0. The first kappa shape index (κ1) is 23.2. The number of carbonyl (C=O) groups is 2. The van der Waals surface area contributed by atoms with Gasteiger partial charge in [-0.05, 0) is 57.3 Å². The van der Waals surface area contributed by atoms with Gasteiger partial charge >= 0.3 is 11.9 Å². The van der Waals surface area contributed by atoms with Crippen LogP contribution in [0.1, 0.15) is 110 Å². The first-order chi connectivity index (χ1) is 13.6. The highest BCUT2D eigenvalue weighted by atomic mass is 16.5. The fourth-order valence-corrected chi connectivity index (χ4v) is 4.54. The van der Waals surface area contributed by atoms with E-state index in [1.54, 1.807) is 0 Å². The van der Waals surface area contributed by atoms with Crippen LogP contribution in [-0.4, -0.2) is 24.6 Å². The maximum absolute atomic E-state index is 12.5. The predicted molar refractivity (Wildman–Crippen MR) is 112 cm³/mol. The van der Waals surface area contributed by atoms with Crippen molar-refractivity contribution in [1.29, 1.82) is 0 Å². The van der Waals surface area contributed by atoms with E-state index in [9.17, 15) is 9.59 Å². The molecule has 0 saturated heterocycles. The van der Waals surface area contributed by atoms with Crippen LogP contribution in [0.4, 0.5) is 0 Å². The van der Waals surface area contributed by atoms with Crippen LogP contribution in [0.15, 0.2) is 0 Å². The van der Waals surface area contributed by atoms with Gasteiger partial charge < -0.3 is 9.47 Å². The number of unbranched alkanes of at least 4 members (excludes halogenated alkanes) is 4. The van der Waals surface area contributed by atoms with Crippen molar-refractivity contribution in [2.24, 2.45) is 17.8 Å². The van der Waals surface area contributed by atoms with Gasteiger partial charge in [0.05, 0.1) is 18.4 Å². The minimum Gasteiger partial charge on any atom is -0.465 e. The zero-order valence-electron chi connectivity index (χ0n) is 18.3. The van der Waals surface area contributed by atoms with Crippen molar-refractivity contribution in [1.82, 2.24) is 0 Å². The molecule has 0 N–H and O–H groups in total. The van der Waals surface area contributed by atoms with E-state index in [0.29, 0.717) is 13.0 Å². The number of hydrogen-bond acceptors (Lipinski definition) is 4. The fraction of sp³-hybridized carbons (Fsp3) is 0.917. The monoisotopic (exact) mass is 394 g/mol.